The highest BCUT2D eigenvalue weighted by atomic mass is 16.5. The summed E-state index contributed by atoms with van der Waals surface area (Å²) in [5.41, 5.74) is 0. The van der Waals surface area contributed by atoms with Gasteiger partial charge in [0.05, 0.1) is 12.7 Å². The van der Waals surface area contributed by atoms with Crippen LogP contribution in [-0.4, -0.2) is 38.8 Å². The highest BCUT2D eigenvalue weighted by Gasteiger charge is 2.12. The van der Waals surface area contributed by atoms with E-state index in [1.54, 1.807) is 0 Å². The fourth-order valence-corrected chi connectivity index (χ4v) is 2.34. The molecule has 0 atom stereocenters. The van der Waals surface area contributed by atoms with Gasteiger partial charge in [0.25, 0.3) is 0 Å². The minimum atomic E-state index is 0.134. The molecule has 2 N–H and O–H groups in total. The predicted molar refractivity (Wildman–Crippen MR) is 73.6 cm³/mol. The Bertz CT molecular complexity index is 214. The quantitative estimate of drug-likeness (QED) is 0.515. The van der Waals surface area contributed by atoms with Crippen molar-refractivity contribution in [1.82, 2.24) is 10.6 Å². The van der Waals surface area contributed by atoms with Gasteiger partial charge in [-0.15, -0.1) is 0 Å². The Morgan fingerprint density at radius 3 is 2.56 bits per heavy atom. The zero-order valence-corrected chi connectivity index (χ0v) is 11.7. The van der Waals surface area contributed by atoms with E-state index in [4.69, 9.17) is 4.74 Å². The smallest absolute Gasteiger partial charge is 0.220 e. The van der Waals surface area contributed by atoms with Crippen molar-refractivity contribution in [3.8, 4) is 0 Å². The predicted octanol–water partition coefficient (Wildman–Crippen LogP) is 1.84. The summed E-state index contributed by atoms with van der Waals surface area (Å²) in [6.45, 7) is 2.20. The van der Waals surface area contributed by atoms with Crippen LogP contribution in [0.5, 0.6) is 0 Å². The molecule has 4 nitrogen and oxygen atoms in total. The van der Waals surface area contributed by atoms with Gasteiger partial charge >= 0.3 is 0 Å². The first-order chi connectivity index (χ1) is 8.83. The Hall–Kier alpha value is -0.610. The highest BCUT2D eigenvalue weighted by Crippen LogP contribution is 2.19. The standard InChI is InChI=1S/C14H28N2O2/c1-15-10-6-9-14(17)16-11-12-18-13-7-4-2-3-5-8-13/h13,15H,2-12H2,1H3,(H,16,17). The van der Waals surface area contributed by atoms with Crippen LogP contribution in [0, 0.1) is 0 Å². The van der Waals surface area contributed by atoms with E-state index in [0.29, 0.717) is 25.7 Å². The number of nitrogens with one attached hydrogen (secondary N) is 2. The minimum Gasteiger partial charge on any atom is -0.376 e. The first kappa shape index (κ1) is 15.4. The number of hydrogen-bond donors (Lipinski definition) is 2. The summed E-state index contributed by atoms with van der Waals surface area (Å²) >= 11 is 0. The van der Waals surface area contributed by atoms with E-state index >= 15 is 0 Å². The lowest BCUT2D eigenvalue weighted by Gasteiger charge is -2.15. The van der Waals surface area contributed by atoms with E-state index in [1.165, 1.54) is 38.5 Å². The van der Waals surface area contributed by atoms with Crippen molar-refractivity contribution in [3.63, 3.8) is 0 Å². The number of rotatable bonds is 8. The third-order valence-electron chi connectivity index (χ3n) is 3.41. The van der Waals surface area contributed by atoms with Crippen LogP contribution in [0.15, 0.2) is 0 Å². The second-order valence-corrected chi connectivity index (χ2v) is 5.04. The topological polar surface area (TPSA) is 50.4 Å². The summed E-state index contributed by atoms with van der Waals surface area (Å²) in [5.74, 6) is 0.134. The average molecular weight is 256 g/mol. The Kier molecular flexibility index (Phi) is 8.86. The normalized spacial score (nSPS) is 17.4. The van der Waals surface area contributed by atoms with Gasteiger partial charge in [-0.1, -0.05) is 25.7 Å². The van der Waals surface area contributed by atoms with E-state index in [1.807, 2.05) is 7.05 Å². The molecule has 1 saturated carbocycles. The first-order valence-corrected chi connectivity index (χ1v) is 7.36. The van der Waals surface area contributed by atoms with E-state index in [2.05, 4.69) is 10.6 Å². The molecule has 0 bridgehead atoms. The van der Waals surface area contributed by atoms with Crippen molar-refractivity contribution < 1.29 is 9.53 Å². The van der Waals surface area contributed by atoms with Crippen LogP contribution >= 0.6 is 0 Å². The number of ether oxygens (including phenoxy) is 1. The first-order valence-electron chi connectivity index (χ1n) is 7.36. The highest BCUT2D eigenvalue weighted by molar-refractivity contribution is 5.75. The van der Waals surface area contributed by atoms with Crippen molar-refractivity contribution in [3.05, 3.63) is 0 Å². The maximum atomic E-state index is 11.4. The Morgan fingerprint density at radius 1 is 1.17 bits per heavy atom. The summed E-state index contributed by atoms with van der Waals surface area (Å²) in [6, 6.07) is 0. The molecule has 0 unspecified atom stereocenters. The van der Waals surface area contributed by atoms with E-state index in [-0.39, 0.29) is 5.91 Å². The largest absolute Gasteiger partial charge is 0.376 e. The van der Waals surface area contributed by atoms with E-state index < -0.39 is 0 Å². The van der Waals surface area contributed by atoms with Gasteiger partial charge in [0.1, 0.15) is 0 Å². The molecule has 4 heteroatoms. The van der Waals surface area contributed by atoms with Crippen molar-refractivity contribution in [2.45, 2.75) is 57.5 Å². The molecule has 1 fully saturated rings. The number of carbonyl (C=O) groups excluding carboxylic acids is 1. The van der Waals surface area contributed by atoms with Crippen LogP contribution in [0.2, 0.25) is 0 Å². The molecule has 0 aromatic heterocycles. The van der Waals surface area contributed by atoms with Crippen molar-refractivity contribution in [2.75, 3.05) is 26.7 Å². The summed E-state index contributed by atoms with van der Waals surface area (Å²) < 4.78 is 5.81. The van der Waals surface area contributed by atoms with Gasteiger partial charge < -0.3 is 15.4 Å². The SMILES string of the molecule is CNCCCC(=O)NCCOC1CCCCCC1. The third kappa shape index (κ3) is 7.67. The molecule has 0 heterocycles. The second kappa shape index (κ2) is 10.3. The fourth-order valence-electron chi connectivity index (χ4n) is 2.34. The summed E-state index contributed by atoms with van der Waals surface area (Å²) in [7, 11) is 1.90. The van der Waals surface area contributed by atoms with Crippen molar-refractivity contribution >= 4 is 5.91 Å². The molecule has 0 aromatic rings. The van der Waals surface area contributed by atoms with Crippen molar-refractivity contribution in [2.24, 2.45) is 0 Å². The van der Waals surface area contributed by atoms with Crippen LogP contribution in [0.3, 0.4) is 0 Å². The van der Waals surface area contributed by atoms with Gasteiger partial charge in [-0.25, -0.2) is 0 Å². The molecular weight excluding hydrogens is 228 g/mol. The average Bonchev–Trinajstić information content (AvgIpc) is 2.63. The van der Waals surface area contributed by atoms with E-state index in [0.717, 1.165) is 13.0 Å². The summed E-state index contributed by atoms with van der Waals surface area (Å²) in [4.78, 5) is 11.4. The van der Waals surface area contributed by atoms with E-state index in [9.17, 15) is 4.79 Å². The number of hydrogen-bond acceptors (Lipinski definition) is 3. The number of amides is 1. The molecular formula is C14H28N2O2. The molecule has 1 aliphatic rings. The molecule has 0 saturated heterocycles. The molecule has 1 amide bonds. The van der Waals surface area contributed by atoms with Crippen LogP contribution in [0.4, 0.5) is 0 Å². The van der Waals surface area contributed by atoms with Gasteiger partial charge in [0.15, 0.2) is 0 Å². The van der Waals surface area contributed by atoms with Gasteiger partial charge in [0.2, 0.25) is 5.91 Å². The van der Waals surface area contributed by atoms with Gasteiger partial charge in [-0.3, -0.25) is 4.79 Å². The maximum absolute atomic E-state index is 11.4. The summed E-state index contributed by atoms with van der Waals surface area (Å²) in [6.07, 6.45) is 9.59. The molecule has 0 radical (unpaired) electrons. The zero-order chi connectivity index (χ0) is 13.1. The van der Waals surface area contributed by atoms with Crippen LogP contribution < -0.4 is 10.6 Å². The zero-order valence-electron chi connectivity index (χ0n) is 11.7. The van der Waals surface area contributed by atoms with Gasteiger partial charge in [0, 0.05) is 13.0 Å². The molecule has 106 valence electrons. The monoisotopic (exact) mass is 256 g/mol. The van der Waals surface area contributed by atoms with Crippen LogP contribution in [-0.2, 0) is 9.53 Å². The summed E-state index contributed by atoms with van der Waals surface area (Å²) in [5, 5.41) is 5.94. The maximum Gasteiger partial charge on any atom is 0.220 e. The van der Waals surface area contributed by atoms with Gasteiger partial charge in [-0.05, 0) is 32.9 Å². The molecule has 0 aliphatic heterocycles. The molecule has 1 aliphatic carbocycles. The van der Waals surface area contributed by atoms with Gasteiger partial charge in [-0.2, -0.15) is 0 Å². The van der Waals surface area contributed by atoms with Crippen LogP contribution in [0.25, 0.3) is 0 Å². The Morgan fingerprint density at radius 2 is 1.89 bits per heavy atom. The Balaban J connectivity index is 1.95. The molecule has 1 rings (SSSR count). The second-order valence-electron chi connectivity index (χ2n) is 5.04. The third-order valence-corrected chi connectivity index (χ3v) is 3.41. The van der Waals surface area contributed by atoms with Crippen molar-refractivity contribution in [1.29, 1.82) is 0 Å². The minimum absolute atomic E-state index is 0.134. The molecule has 0 aromatic carbocycles. The molecule has 18 heavy (non-hydrogen) atoms. The Labute approximate surface area is 111 Å². The lowest BCUT2D eigenvalue weighted by molar-refractivity contribution is -0.121. The lowest BCUT2D eigenvalue weighted by Crippen LogP contribution is -2.29. The fraction of sp³-hybridized carbons (Fsp3) is 0.929. The number of carbonyl (C=O) groups is 1. The lowest BCUT2D eigenvalue weighted by atomic mass is 10.1. The molecule has 0 spiro atoms. The van der Waals surface area contributed by atoms with Crippen LogP contribution in [0.1, 0.15) is 51.4 Å².